The smallest absolute Gasteiger partial charge is 0.256 e. The van der Waals surface area contributed by atoms with Crippen LogP contribution in [0.25, 0.3) is 0 Å². The van der Waals surface area contributed by atoms with Crippen LogP contribution in [0.1, 0.15) is 17.3 Å². The number of anilines is 1. The zero-order chi connectivity index (χ0) is 15.0. The highest BCUT2D eigenvalue weighted by molar-refractivity contribution is 9.10. The van der Waals surface area contributed by atoms with Crippen LogP contribution >= 0.6 is 15.9 Å². The molecule has 1 atom stereocenters. The van der Waals surface area contributed by atoms with E-state index in [1.54, 1.807) is 0 Å². The molecule has 6 nitrogen and oxygen atoms in total. The fraction of sp³-hybridized carbons (Fsp3) is 0.250. The SMILES string of the molecule is CC1C(=O)NC(=O)CN1C(=O)c1cc(N)c(F)cc1Br. The maximum absolute atomic E-state index is 13.3. The van der Waals surface area contributed by atoms with E-state index in [9.17, 15) is 18.8 Å². The summed E-state index contributed by atoms with van der Waals surface area (Å²) in [7, 11) is 0. The predicted molar refractivity (Wildman–Crippen MR) is 72.2 cm³/mol. The molecular weight excluding hydrogens is 333 g/mol. The fourth-order valence-electron chi connectivity index (χ4n) is 1.85. The van der Waals surface area contributed by atoms with E-state index in [0.29, 0.717) is 0 Å². The Morgan fingerprint density at radius 2 is 2.15 bits per heavy atom. The molecule has 0 bridgehead atoms. The summed E-state index contributed by atoms with van der Waals surface area (Å²) in [6.07, 6.45) is 0. The van der Waals surface area contributed by atoms with Crippen molar-refractivity contribution in [3.8, 4) is 0 Å². The van der Waals surface area contributed by atoms with Gasteiger partial charge in [0, 0.05) is 4.47 Å². The van der Waals surface area contributed by atoms with Gasteiger partial charge in [-0.3, -0.25) is 19.7 Å². The Balaban J connectivity index is 2.38. The van der Waals surface area contributed by atoms with Crippen LogP contribution in [0, 0.1) is 5.82 Å². The molecule has 3 amide bonds. The van der Waals surface area contributed by atoms with Crippen LogP contribution in [0.15, 0.2) is 16.6 Å². The molecule has 1 aliphatic rings. The summed E-state index contributed by atoms with van der Waals surface area (Å²) >= 11 is 3.07. The van der Waals surface area contributed by atoms with E-state index in [-0.39, 0.29) is 22.3 Å². The van der Waals surface area contributed by atoms with Crippen molar-refractivity contribution in [3.05, 3.63) is 28.0 Å². The Bertz CT molecular complexity index is 620. The molecule has 1 heterocycles. The van der Waals surface area contributed by atoms with Crippen molar-refractivity contribution in [2.75, 3.05) is 12.3 Å². The molecule has 8 heteroatoms. The minimum atomic E-state index is -0.793. The van der Waals surface area contributed by atoms with Gasteiger partial charge in [0.1, 0.15) is 18.4 Å². The Morgan fingerprint density at radius 1 is 1.50 bits per heavy atom. The van der Waals surface area contributed by atoms with Crippen molar-refractivity contribution in [2.24, 2.45) is 0 Å². The molecule has 1 unspecified atom stereocenters. The van der Waals surface area contributed by atoms with Gasteiger partial charge in [-0.15, -0.1) is 0 Å². The zero-order valence-corrected chi connectivity index (χ0v) is 12.0. The van der Waals surface area contributed by atoms with Crippen LogP contribution in [-0.4, -0.2) is 35.2 Å². The summed E-state index contributed by atoms with van der Waals surface area (Å²) in [5.41, 5.74) is 5.35. The van der Waals surface area contributed by atoms with Crippen molar-refractivity contribution in [1.82, 2.24) is 10.2 Å². The minimum Gasteiger partial charge on any atom is -0.396 e. The topological polar surface area (TPSA) is 92.5 Å². The zero-order valence-electron chi connectivity index (χ0n) is 10.4. The van der Waals surface area contributed by atoms with Crippen molar-refractivity contribution in [3.63, 3.8) is 0 Å². The first-order valence-corrected chi connectivity index (χ1v) is 6.49. The van der Waals surface area contributed by atoms with E-state index < -0.39 is 29.6 Å². The van der Waals surface area contributed by atoms with E-state index in [2.05, 4.69) is 21.2 Å². The van der Waals surface area contributed by atoms with Crippen molar-refractivity contribution >= 4 is 39.3 Å². The molecule has 1 aromatic rings. The average Bonchev–Trinajstić information content (AvgIpc) is 2.37. The molecule has 0 spiro atoms. The Kier molecular flexibility index (Phi) is 3.76. The predicted octanol–water partition coefficient (Wildman–Crippen LogP) is 0.657. The number of amides is 3. The summed E-state index contributed by atoms with van der Waals surface area (Å²) in [6.45, 7) is 1.26. The first kappa shape index (κ1) is 14.4. The second-order valence-electron chi connectivity index (χ2n) is 4.38. The van der Waals surface area contributed by atoms with Crippen LogP contribution in [0.4, 0.5) is 10.1 Å². The van der Waals surface area contributed by atoms with Gasteiger partial charge in [0.15, 0.2) is 0 Å². The van der Waals surface area contributed by atoms with Crippen molar-refractivity contribution < 1.29 is 18.8 Å². The summed E-state index contributed by atoms with van der Waals surface area (Å²) < 4.78 is 13.5. The molecule has 0 aliphatic carbocycles. The summed E-state index contributed by atoms with van der Waals surface area (Å²) in [5, 5.41) is 2.13. The number of nitrogens with two attached hydrogens (primary N) is 1. The maximum Gasteiger partial charge on any atom is 0.256 e. The number of imide groups is 1. The summed E-state index contributed by atoms with van der Waals surface area (Å²) in [5.74, 6) is -2.35. The van der Waals surface area contributed by atoms with E-state index in [1.165, 1.54) is 13.0 Å². The van der Waals surface area contributed by atoms with E-state index >= 15 is 0 Å². The number of nitrogens with one attached hydrogen (secondary N) is 1. The van der Waals surface area contributed by atoms with E-state index in [0.717, 1.165) is 11.0 Å². The number of benzene rings is 1. The van der Waals surface area contributed by atoms with Crippen molar-refractivity contribution in [2.45, 2.75) is 13.0 Å². The van der Waals surface area contributed by atoms with Crippen LogP contribution in [0.3, 0.4) is 0 Å². The van der Waals surface area contributed by atoms with Crippen LogP contribution in [0.2, 0.25) is 0 Å². The van der Waals surface area contributed by atoms with Gasteiger partial charge in [-0.25, -0.2) is 4.39 Å². The van der Waals surface area contributed by atoms with Gasteiger partial charge in [-0.05, 0) is 35.0 Å². The number of carbonyl (C=O) groups excluding carboxylic acids is 3. The molecule has 1 fully saturated rings. The Hall–Kier alpha value is -1.96. The molecule has 1 aromatic carbocycles. The van der Waals surface area contributed by atoms with Gasteiger partial charge in [-0.2, -0.15) is 0 Å². The third kappa shape index (κ3) is 2.51. The third-order valence-electron chi connectivity index (χ3n) is 3.00. The summed E-state index contributed by atoms with van der Waals surface area (Å²) in [4.78, 5) is 36.4. The molecular formula is C12H11BrFN3O3. The number of hydrogen-bond donors (Lipinski definition) is 2. The second-order valence-corrected chi connectivity index (χ2v) is 5.23. The van der Waals surface area contributed by atoms with Crippen LogP contribution in [-0.2, 0) is 9.59 Å². The maximum atomic E-state index is 13.3. The number of carbonyl (C=O) groups is 3. The summed E-state index contributed by atoms with van der Waals surface area (Å²) in [6, 6.07) is 1.45. The molecule has 3 N–H and O–H groups in total. The molecule has 2 rings (SSSR count). The average molecular weight is 344 g/mol. The van der Waals surface area contributed by atoms with E-state index in [1.807, 2.05) is 0 Å². The van der Waals surface area contributed by atoms with Gasteiger partial charge in [-0.1, -0.05) is 0 Å². The first-order chi connectivity index (χ1) is 9.31. The number of halogens is 2. The van der Waals surface area contributed by atoms with Gasteiger partial charge in [0.05, 0.1) is 11.3 Å². The van der Waals surface area contributed by atoms with E-state index in [4.69, 9.17) is 5.73 Å². The molecule has 0 aromatic heterocycles. The molecule has 1 saturated heterocycles. The standard InChI is InChI=1S/C12H11BrFN3O3/c1-5-11(19)16-10(18)4-17(5)12(20)6-2-9(15)8(14)3-7(6)13/h2-3,5H,4,15H2,1H3,(H,16,18,19). The highest BCUT2D eigenvalue weighted by Crippen LogP contribution is 2.25. The van der Waals surface area contributed by atoms with Crippen LogP contribution < -0.4 is 11.1 Å². The van der Waals surface area contributed by atoms with Crippen LogP contribution in [0.5, 0.6) is 0 Å². The molecule has 20 heavy (non-hydrogen) atoms. The monoisotopic (exact) mass is 343 g/mol. The number of piperazine rings is 1. The molecule has 1 aliphatic heterocycles. The van der Waals surface area contributed by atoms with Gasteiger partial charge < -0.3 is 10.6 Å². The fourth-order valence-corrected chi connectivity index (χ4v) is 2.33. The highest BCUT2D eigenvalue weighted by Gasteiger charge is 2.34. The number of hydrogen-bond acceptors (Lipinski definition) is 4. The number of nitrogens with zero attached hydrogens (tertiary/aromatic N) is 1. The lowest BCUT2D eigenvalue weighted by molar-refractivity contribution is -0.138. The van der Waals surface area contributed by atoms with Gasteiger partial charge >= 0.3 is 0 Å². The van der Waals surface area contributed by atoms with Gasteiger partial charge in [0.2, 0.25) is 11.8 Å². The third-order valence-corrected chi connectivity index (χ3v) is 3.66. The lowest BCUT2D eigenvalue weighted by Crippen LogP contribution is -2.58. The lowest BCUT2D eigenvalue weighted by atomic mass is 10.1. The largest absolute Gasteiger partial charge is 0.396 e. The quantitative estimate of drug-likeness (QED) is 0.578. The Morgan fingerprint density at radius 3 is 2.80 bits per heavy atom. The van der Waals surface area contributed by atoms with Gasteiger partial charge in [0.25, 0.3) is 5.91 Å². The molecule has 0 saturated carbocycles. The lowest BCUT2D eigenvalue weighted by Gasteiger charge is -2.32. The number of rotatable bonds is 1. The second kappa shape index (κ2) is 5.20. The molecule has 0 radical (unpaired) electrons. The number of nitrogen functional groups attached to an aromatic ring is 1. The minimum absolute atomic E-state index is 0.0956. The first-order valence-electron chi connectivity index (χ1n) is 5.70. The normalized spacial score (nSPS) is 18.9. The Labute approximate surface area is 122 Å². The highest BCUT2D eigenvalue weighted by atomic mass is 79.9. The molecule has 106 valence electrons. The van der Waals surface area contributed by atoms with Crippen molar-refractivity contribution in [1.29, 1.82) is 0 Å².